The van der Waals surface area contributed by atoms with E-state index in [9.17, 15) is 4.79 Å². The second kappa shape index (κ2) is 8.64. The zero-order valence-electron chi connectivity index (χ0n) is 9.61. The van der Waals surface area contributed by atoms with Crippen molar-refractivity contribution in [1.29, 1.82) is 0 Å². The summed E-state index contributed by atoms with van der Waals surface area (Å²) in [6.45, 7) is 3.25. The second-order valence-corrected chi connectivity index (χ2v) is 3.47. The van der Waals surface area contributed by atoms with E-state index in [1.54, 1.807) is 12.0 Å². The first-order valence-corrected chi connectivity index (χ1v) is 5.28. The molecule has 0 heterocycles. The standard InChI is InChI=1S/C10H22N2O3/c1-3-9(11)8-10(14)12(4-6-13)5-7-15-2/h9,13H,3-8,11H2,1-2H3. The highest BCUT2D eigenvalue weighted by molar-refractivity contribution is 5.76. The summed E-state index contributed by atoms with van der Waals surface area (Å²) in [6, 6.07) is -0.0961. The molecular formula is C10H22N2O3. The van der Waals surface area contributed by atoms with Crippen molar-refractivity contribution in [1.82, 2.24) is 4.90 Å². The van der Waals surface area contributed by atoms with Crippen LogP contribution in [0.5, 0.6) is 0 Å². The van der Waals surface area contributed by atoms with Crippen LogP contribution < -0.4 is 5.73 Å². The number of amides is 1. The highest BCUT2D eigenvalue weighted by Gasteiger charge is 2.15. The van der Waals surface area contributed by atoms with E-state index in [0.29, 0.717) is 26.1 Å². The maximum absolute atomic E-state index is 11.7. The minimum atomic E-state index is -0.0961. The second-order valence-electron chi connectivity index (χ2n) is 3.47. The van der Waals surface area contributed by atoms with E-state index in [2.05, 4.69) is 0 Å². The Morgan fingerprint density at radius 3 is 2.67 bits per heavy atom. The number of hydrogen-bond acceptors (Lipinski definition) is 4. The molecule has 5 heteroatoms. The molecule has 0 rings (SSSR count). The minimum absolute atomic E-state index is 0.0181. The normalized spacial score (nSPS) is 12.5. The smallest absolute Gasteiger partial charge is 0.224 e. The SMILES string of the molecule is CCC(N)CC(=O)N(CCO)CCOC. The first-order chi connectivity index (χ1) is 7.15. The van der Waals surface area contributed by atoms with E-state index in [0.717, 1.165) is 6.42 Å². The number of hydrogen-bond donors (Lipinski definition) is 2. The molecule has 0 aliphatic heterocycles. The lowest BCUT2D eigenvalue weighted by molar-refractivity contribution is -0.132. The highest BCUT2D eigenvalue weighted by atomic mass is 16.5. The average Bonchev–Trinajstić information content (AvgIpc) is 2.23. The van der Waals surface area contributed by atoms with Crippen LogP contribution in [0.1, 0.15) is 19.8 Å². The molecule has 0 saturated carbocycles. The quantitative estimate of drug-likeness (QED) is 0.580. The molecule has 1 unspecified atom stereocenters. The third-order valence-electron chi connectivity index (χ3n) is 2.25. The van der Waals surface area contributed by atoms with E-state index in [-0.39, 0.29) is 18.6 Å². The number of methoxy groups -OCH3 is 1. The van der Waals surface area contributed by atoms with Gasteiger partial charge in [0.2, 0.25) is 5.91 Å². The molecule has 90 valence electrons. The van der Waals surface area contributed by atoms with Crippen molar-refractivity contribution in [2.45, 2.75) is 25.8 Å². The molecular weight excluding hydrogens is 196 g/mol. The van der Waals surface area contributed by atoms with E-state index in [1.807, 2.05) is 6.92 Å². The van der Waals surface area contributed by atoms with Gasteiger partial charge in [0.05, 0.1) is 13.2 Å². The topological polar surface area (TPSA) is 75.8 Å². The van der Waals surface area contributed by atoms with Gasteiger partial charge in [-0.05, 0) is 6.42 Å². The van der Waals surface area contributed by atoms with Crippen LogP contribution in [0.2, 0.25) is 0 Å². The summed E-state index contributed by atoms with van der Waals surface area (Å²) in [7, 11) is 1.58. The van der Waals surface area contributed by atoms with Crippen molar-refractivity contribution in [2.75, 3.05) is 33.4 Å². The molecule has 0 aromatic heterocycles. The Labute approximate surface area is 91.2 Å². The molecule has 3 N–H and O–H groups in total. The van der Waals surface area contributed by atoms with Crippen molar-refractivity contribution >= 4 is 5.91 Å². The molecule has 0 bridgehead atoms. The van der Waals surface area contributed by atoms with Crippen LogP contribution in [-0.2, 0) is 9.53 Å². The van der Waals surface area contributed by atoms with Crippen molar-refractivity contribution in [3.8, 4) is 0 Å². The van der Waals surface area contributed by atoms with Crippen LogP contribution in [0.15, 0.2) is 0 Å². The molecule has 0 aliphatic carbocycles. The molecule has 0 spiro atoms. The van der Waals surface area contributed by atoms with Crippen LogP contribution >= 0.6 is 0 Å². The van der Waals surface area contributed by atoms with Gasteiger partial charge < -0.3 is 20.5 Å². The third-order valence-corrected chi connectivity index (χ3v) is 2.25. The Bertz CT molecular complexity index is 176. The van der Waals surface area contributed by atoms with Gasteiger partial charge in [-0.2, -0.15) is 0 Å². The molecule has 0 aromatic carbocycles. The molecule has 1 amide bonds. The summed E-state index contributed by atoms with van der Waals surface area (Å²) in [4.78, 5) is 13.3. The molecule has 15 heavy (non-hydrogen) atoms. The fourth-order valence-electron chi connectivity index (χ4n) is 1.18. The first-order valence-electron chi connectivity index (χ1n) is 5.28. The van der Waals surface area contributed by atoms with Crippen LogP contribution in [0.4, 0.5) is 0 Å². The minimum Gasteiger partial charge on any atom is -0.395 e. The molecule has 0 aromatic rings. The number of rotatable bonds is 8. The van der Waals surface area contributed by atoms with Crippen LogP contribution in [0.25, 0.3) is 0 Å². The summed E-state index contributed by atoms with van der Waals surface area (Å²) in [5.74, 6) is -0.0181. The molecule has 0 fully saturated rings. The van der Waals surface area contributed by atoms with Crippen LogP contribution in [0, 0.1) is 0 Å². The van der Waals surface area contributed by atoms with E-state index < -0.39 is 0 Å². The van der Waals surface area contributed by atoms with Crippen molar-refractivity contribution in [3.63, 3.8) is 0 Å². The number of ether oxygens (including phenoxy) is 1. The van der Waals surface area contributed by atoms with Gasteiger partial charge in [-0.25, -0.2) is 0 Å². The maximum atomic E-state index is 11.7. The van der Waals surface area contributed by atoms with Crippen molar-refractivity contribution in [3.05, 3.63) is 0 Å². The summed E-state index contributed by atoms with van der Waals surface area (Å²) in [6.07, 6.45) is 1.11. The van der Waals surface area contributed by atoms with Gasteiger partial charge in [0.1, 0.15) is 0 Å². The lowest BCUT2D eigenvalue weighted by Gasteiger charge is -2.22. The Kier molecular flexibility index (Phi) is 8.27. The largest absolute Gasteiger partial charge is 0.395 e. The maximum Gasteiger partial charge on any atom is 0.224 e. The Hall–Kier alpha value is -0.650. The number of aliphatic hydroxyl groups is 1. The summed E-state index contributed by atoms with van der Waals surface area (Å²) < 4.78 is 4.89. The first kappa shape index (κ1) is 14.3. The van der Waals surface area contributed by atoms with Crippen LogP contribution in [-0.4, -0.2) is 55.4 Å². The van der Waals surface area contributed by atoms with Gasteiger partial charge in [-0.15, -0.1) is 0 Å². The van der Waals surface area contributed by atoms with Gasteiger partial charge in [0.25, 0.3) is 0 Å². The van der Waals surface area contributed by atoms with Gasteiger partial charge in [0.15, 0.2) is 0 Å². The highest BCUT2D eigenvalue weighted by Crippen LogP contribution is 2.00. The monoisotopic (exact) mass is 218 g/mol. The molecule has 0 aliphatic rings. The van der Waals surface area contributed by atoms with E-state index in [4.69, 9.17) is 15.6 Å². The molecule has 1 atom stereocenters. The Morgan fingerprint density at radius 2 is 2.20 bits per heavy atom. The predicted molar refractivity (Wildman–Crippen MR) is 58.4 cm³/mol. The molecule has 0 radical (unpaired) electrons. The van der Waals surface area contributed by atoms with Gasteiger partial charge in [-0.3, -0.25) is 4.79 Å². The summed E-state index contributed by atoms with van der Waals surface area (Å²) >= 11 is 0. The lowest BCUT2D eigenvalue weighted by Crippen LogP contribution is -2.39. The fraction of sp³-hybridized carbons (Fsp3) is 0.900. The summed E-state index contributed by atoms with van der Waals surface area (Å²) in [5, 5.41) is 8.81. The molecule has 0 saturated heterocycles. The van der Waals surface area contributed by atoms with E-state index in [1.165, 1.54) is 0 Å². The number of aliphatic hydroxyl groups excluding tert-OH is 1. The van der Waals surface area contributed by atoms with Crippen molar-refractivity contribution in [2.24, 2.45) is 5.73 Å². The number of nitrogens with zero attached hydrogens (tertiary/aromatic N) is 1. The van der Waals surface area contributed by atoms with E-state index >= 15 is 0 Å². The van der Waals surface area contributed by atoms with Crippen molar-refractivity contribution < 1.29 is 14.6 Å². The predicted octanol–water partition coefficient (Wildman–Crippen LogP) is -0.419. The fourth-order valence-corrected chi connectivity index (χ4v) is 1.18. The summed E-state index contributed by atoms with van der Waals surface area (Å²) in [5.41, 5.74) is 5.70. The number of carbonyl (C=O) groups is 1. The third kappa shape index (κ3) is 6.43. The van der Waals surface area contributed by atoms with Gasteiger partial charge in [-0.1, -0.05) is 6.92 Å². The zero-order valence-corrected chi connectivity index (χ0v) is 9.61. The Balaban J connectivity index is 4.03. The van der Waals surface area contributed by atoms with Gasteiger partial charge >= 0.3 is 0 Å². The lowest BCUT2D eigenvalue weighted by atomic mass is 10.1. The molecule has 5 nitrogen and oxygen atoms in total. The zero-order chi connectivity index (χ0) is 11.7. The van der Waals surface area contributed by atoms with Gasteiger partial charge in [0, 0.05) is 32.7 Å². The van der Waals surface area contributed by atoms with Crippen LogP contribution in [0.3, 0.4) is 0 Å². The average molecular weight is 218 g/mol. The number of nitrogens with two attached hydrogens (primary N) is 1. The number of carbonyl (C=O) groups excluding carboxylic acids is 1. The Morgan fingerprint density at radius 1 is 1.53 bits per heavy atom.